The maximum absolute atomic E-state index is 11.1. The highest BCUT2D eigenvalue weighted by Gasteiger charge is 2.14. The average Bonchev–Trinajstić information content (AvgIpc) is 2.03. The van der Waals surface area contributed by atoms with E-state index in [2.05, 4.69) is 5.32 Å². The Hall–Kier alpha value is -1.13. The first-order valence-corrected chi connectivity index (χ1v) is 5.88. The first-order valence-electron chi connectivity index (χ1n) is 4.06. The van der Waals surface area contributed by atoms with Gasteiger partial charge in [-0.25, -0.2) is 8.42 Å². The van der Waals surface area contributed by atoms with E-state index in [9.17, 15) is 13.2 Å². The molecule has 0 aliphatic heterocycles. The summed E-state index contributed by atoms with van der Waals surface area (Å²) in [6, 6.07) is 1.83. The van der Waals surface area contributed by atoms with Gasteiger partial charge in [0.15, 0.2) is 9.84 Å². The lowest BCUT2D eigenvalue weighted by atomic mass is 10.4. The third kappa shape index (κ3) is 6.39. The Labute approximate surface area is 83.0 Å². The van der Waals surface area contributed by atoms with E-state index < -0.39 is 21.5 Å². The fraction of sp³-hybridized carbons (Fsp3) is 0.714. The first-order chi connectivity index (χ1) is 6.52. The Morgan fingerprint density at radius 1 is 1.50 bits per heavy atom. The predicted molar refractivity (Wildman–Crippen MR) is 50.9 cm³/mol. The SMILES string of the molecule is N#CCCNC(=O)CS(=O)(=O)CCN. The van der Waals surface area contributed by atoms with E-state index in [0.717, 1.165) is 0 Å². The minimum atomic E-state index is -3.39. The Balaban J connectivity index is 3.89. The molecular formula is C7H13N3O3S. The molecule has 3 N–H and O–H groups in total. The highest BCUT2D eigenvalue weighted by atomic mass is 32.2. The molecular weight excluding hydrogens is 206 g/mol. The number of nitrogens with one attached hydrogen (secondary N) is 1. The molecule has 0 heterocycles. The lowest BCUT2D eigenvalue weighted by molar-refractivity contribution is -0.118. The number of nitrogens with two attached hydrogens (primary N) is 1. The second-order valence-electron chi connectivity index (χ2n) is 2.64. The van der Waals surface area contributed by atoms with E-state index in [1.54, 1.807) is 0 Å². The standard InChI is InChI=1S/C7H13N3O3S/c8-2-1-4-10-7(11)6-14(12,13)5-3-9/h1,3-6,9H2,(H,10,11). The van der Waals surface area contributed by atoms with E-state index >= 15 is 0 Å². The Bertz CT molecular complexity index is 318. The minimum absolute atomic E-state index is 0.00775. The maximum atomic E-state index is 11.1. The van der Waals surface area contributed by atoms with E-state index in [-0.39, 0.29) is 25.3 Å². The predicted octanol–water partition coefficient (Wildman–Crippen LogP) is -1.61. The van der Waals surface area contributed by atoms with Crippen molar-refractivity contribution in [3.05, 3.63) is 0 Å². The summed E-state index contributed by atoms with van der Waals surface area (Å²) in [6.45, 7) is 0.182. The number of hydrogen-bond donors (Lipinski definition) is 2. The zero-order chi connectivity index (χ0) is 11.0. The highest BCUT2D eigenvalue weighted by molar-refractivity contribution is 7.92. The number of rotatable bonds is 6. The fourth-order valence-electron chi connectivity index (χ4n) is 0.760. The molecule has 0 aromatic rings. The van der Waals surface area contributed by atoms with Crippen LogP contribution in [0.15, 0.2) is 0 Å². The summed E-state index contributed by atoms with van der Waals surface area (Å²) < 4.78 is 22.1. The van der Waals surface area contributed by atoms with Crippen molar-refractivity contribution in [2.45, 2.75) is 6.42 Å². The molecule has 0 spiro atoms. The van der Waals surface area contributed by atoms with Crippen LogP contribution in [0.5, 0.6) is 0 Å². The van der Waals surface area contributed by atoms with Crippen LogP contribution in [-0.2, 0) is 14.6 Å². The number of nitrogens with zero attached hydrogens (tertiary/aromatic N) is 1. The van der Waals surface area contributed by atoms with E-state index in [1.165, 1.54) is 0 Å². The Morgan fingerprint density at radius 2 is 2.14 bits per heavy atom. The van der Waals surface area contributed by atoms with Gasteiger partial charge < -0.3 is 11.1 Å². The van der Waals surface area contributed by atoms with Crippen LogP contribution in [0.4, 0.5) is 0 Å². The molecule has 80 valence electrons. The zero-order valence-electron chi connectivity index (χ0n) is 7.69. The third-order valence-electron chi connectivity index (χ3n) is 1.34. The molecule has 0 unspecified atom stereocenters. The Morgan fingerprint density at radius 3 is 2.64 bits per heavy atom. The number of sulfone groups is 1. The summed E-state index contributed by atoms with van der Waals surface area (Å²) in [5.74, 6) is -1.34. The fourth-order valence-corrected chi connectivity index (χ4v) is 1.77. The molecule has 7 heteroatoms. The maximum Gasteiger partial charge on any atom is 0.235 e. The van der Waals surface area contributed by atoms with Gasteiger partial charge in [-0.3, -0.25) is 4.79 Å². The van der Waals surface area contributed by atoms with Crippen molar-refractivity contribution in [1.82, 2.24) is 5.32 Å². The molecule has 0 aliphatic carbocycles. The van der Waals surface area contributed by atoms with Crippen molar-refractivity contribution in [2.24, 2.45) is 5.73 Å². The average molecular weight is 219 g/mol. The monoisotopic (exact) mass is 219 g/mol. The van der Waals surface area contributed by atoms with Gasteiger partial charge >= 0.3 is 0 Å². The van der Waals surface area contributed by atoms with Crippen LogP contribution < -0.4 is 11.1 Å². The Kier molecular flexibility index (Phi) is 5.83. The van der Waals surface area contributed by atoms with Gasteiger partial charge in [0.25, 0.3) is 0 Å². The summed E-state index contributed by atoms with van der Waals surface area (Å²) in [4.78, 5) is 11.0. The molecule has 0 radical (unpaired) electrons. The molecule has 0 saturated heterocycles. The van der Waals surface area contributed by atoms with Gasteiger partial charge in [-0.15, -0.1) is 0 Å². The van der Waals surface area contributed by atoms with Crippen molar-refractivity contribution in [2.75, 3.05) is 24.6 Å². The smallest absolute Gasteiger partial charge is 0.235 e. The quantitative estimate of drug-likeness (QED) is 0.522. The normalized spacial score (nSPS) is 10.6. The minimum Gasteiger partial charge on any atom is -0.354 e. The topological polar surface area (TPSA) is 113 Å². The van der Waals surface area contributed by atoms with Crippen LogP contribution in [0.25, 0.3) is 0 Å². The van der Waals surface area contributed by atoms with Gasteiger partial charge in [0.2, 0.25) is 5.91 Å². The molecule has 1 amide bonds. The lowest BCUT2D eigenvalue weighted by Crippen LogP contribution is -2.33. The molecule has 0 aliphatic rings. The molecule has 0 bridgehead atoms. The van der Waals surface area contributed by atoms with Crippen LogP contribution >= 0.6 is 0 Å². The van der Waals surface area contributed by atoms with Gasteiger partial charge in [-0.2, -0.15) is 5.26 Å². The van der Waals surface area contributed by atoms with Crippen molar-refractivity contribution in [3.8, 4) is 6.07 Å². The third-order valence-corrected chi connectivity index (χ3v) is 2.90. The van der Waals surface area contributed by atoms with E-state index in [4.69, 9.17) is 11.0 Å². The van der Waals surface area contributed by atoms with Crippen LogP contribution in [0.3, 0.4) is 0 Å². The van der Waals surface area contributed by atoms with E-state index in [1.807, 2.05) is 6.07 Å². The van der Waals surface area contributed by atoms with Crippen LogP contribution in [0, 0.1) is 11.3 Å². The molecule has 0 aromatic carbocycles. The number of amides is 1. The van der Waals surface area contributed by atoms with Gasteiger partial charge in [0.05, 0.1) is 18.2 Å². The first kappa shape index (κ1) is 12.9. The lowest BCUT2D eigenvalue weighted by Gasteiger charge is -2.03. The molecule has 14 heavy (non-hydrogen) atoms. The van der Waals surface area contributed by atoms with Crippen molar-refractivity contribution in [1.29, 1.82) is 5.26 Å². The molecule has 0 rings (SSSR count). The van der Waals surface area contributed by atoms with Crippen LogP contribution in [0.1, 0.15) is 6.42 Å². The van der Waals surface area contributed by atoms with E-state index in [0.29, 0.717) is 0 Å². The summed E-state index contributed by atoms with van der Waals surface area (Å²) in [5.41, 5.74) is 5.06. The number of hydrogen-bond acceptors (Lipinski definition) is 5. The number of nitriles is 1. The summed E-state index contributed by atoms with van der Waals surface area (Å²) in [5, 5.41) is 10.5. The van der Waals surface area contributed by atoms with Gasteiger partial charge in [0.1, 0.15) is 5.75 Å². The van der Waals surface area contributed by atoms with Crippen LogP contribution in [0.2, 0.25) is 0 Å². The molecule has 0 atom stereocenters. The van der Waals surface area contributed by atoms with Crippen molar-refractivity contribution in [3.63, 3.8) is 0 Å². The zero-order valence-corrected chi connectivity index (χ0v) is 8.51. The second-order valence-corrected chi connectivity index (χ2v) is 4.82. The molecule has 0 aromatic heterocycles. The summed E-state index contributed by atoms with van der Waals surface area (Å²) >= 11 is 0. The van der Waals surface area contributed by atoms with Gasteiger partial charge in [-0.1, -0.05) is 0 Å². The second kappa shape index (κ2) is 6.34. The summed E-state index contributed by atoms with van der Waals surface area (Å²) in [7, 11) is -3.39. The summed E-state index contributed by atoms with van der Waals surface area (Å²) in [6.07, 6.45) is 0.169. The highest BCUT2D eigenvalue weighted by Crippen LogP contribution is 1.88. The number of carbonyl (C=O) groups is 1. The molecule has 0 fully saturated rings. The molecule has 0 saturated carbocycles. The van der Waals surface area contributed by atoms with Crippen molar-refractivity contribution >= 4 is 15.7 Å². The van der Waals surface area contributed by atoms with Gasteiger partial charge in [-0.05, 0) is 0 Å². The van der Waals surface area contributed by atoms with Crippen molar-refractivity contribution < 1.29 is 13.2 Å². The van der Waals surface area contributed by atoms with Crippen LogP contribution in [-0.4, -0.2) is 38.9 Å². The largest absolute Gasteiger partial charge is 0.354 e. The molecule has 6 nitrogen and oxygen atoms in total. The van der Waals surface area contributed by atoms with Gasteiger partial charge in [0, 0.05) is 13.1 Å². The number of carbonyl (C=O) groups excluding carboxylic acids is 1.